The van der Waals surface area contributed by atoms with E-state index in [2.05, 4.69) is 4.98 Å². The van der Waals surface area contributed by atoms with E-state index >= 15 is 0 Å². The van der Waals surface area contributed by atoms with Gasteiger partial charge in [-0.25, -0.2) is 4.98 Å². The molecule has 0 aliphatic carbocycles. The Labute approximate surface area is 138 Å². The highest BCUT2D eigenvalue weighted by Crippen LogP contribution is 2.32. The number of nitrogen functional groups attached to an aromatic ring is 1. The predicted molar refractivity (Wildman–Crippen MR) is 85.4 cm³/mol. The fourth-order valence-corrected chi connectivity index (χ4v) is 3.17. The summed E-state index contributed by atoms with van der Waals surface area (Å²) in [6.45, 7) is -1.18. The number of aromatic nitrogens is 2. The first kappa shape index (κ1) is 16.3. The van der Waals surface area contributed by atoms with Gasteiger partial charge in [-0.3, -0.25) is 4.79 Å². The van der Waals surface area contributed by atoms with E-state index in [9.17, 15) is 18.0 Å². The Morgan fingerprint density at radius 1 is 1.25 bits per heavy atom. The standard InChI is InChI=1S/C15H12F3N3O2S/c16-15(17,18)8-23-11-5-1-4-10-13(11)24-12(20-10)7-21-6-2-3-9(19)14(21)22/h1-6H,7-8,19H2. The average Bonchev–Trinajstić information content (AvgIpc) is 2.92. The highest BCUT2D eigenvalue weighted by Gasteiger charge is 2.28. The van der Waals surface area contributed by atoms with Crippen LogP contribution in [-0.4, -0.2) is 22.3 Å². The lowest BCUT2D eigenvalue weighted by atomic mass is 10.3. The minimum absolute atomic E-state index is 0.118. The van der Waals surface area contributed by atoms with E-state index in [0.717, 1.165) is 0 Å². The monoisotopic (exact) mass is 355 g/mol. The average molecular weight is 355 g/mol. The Morgan fingerprint density at radius 3 is 2.79 bits per heavy atom. The molecule has 0 aliphatic heterocycles. The van der Waals surface area contributed by atoms with Gasteiger partial charge in [0, 0.05) is 6.20 Å². The van der Waals surface area contributed by atoms with Gasteiger partial charge >= 0.3 is 6.18 Å². The number of ether oxygens (including phenoxy) is 1. The van der Waals surface area contributed by atoms with Crippen LogP contribution in [0.5, 0.6) is 5.75 Å². The SMILES string of the molecule is Nc1cccn(Cc2nc3cccc(OCC(F)(F)F)c3s2)c1=O. The van der Waals surface area contributed by atoms with Crippen LogP contribution in [0.25, 0.3) is 10.2 Å². The van der Waals surface area contributed by atoms with Crippen LogP contribution < -0.4 is 16.0 Å². The molecule has 0 atom stereocenters. The summed E-state index contributed by atoms with van der Waals surface area (Å²) in [5.41, 5.74) is 5.87. The molecule has 0 unspecified atom stereocenters. The summed E-state index contributed by atoms with van der Waals surface area (Å²) in [5.74, 6) is 0.119. The van der Waals surface area contributed by atoms with Crippen molar-refractivity contribution in [1.29, 1.82) is 0 Å². The number of rotatable bonds is 4. The number of alkyl halides is 3. The third-order valence-electron chi connectivity index (χ3n) is 3.17. The highest BCUT2D eigenvalue weighted by molar-refractivity contribution is 7.19. The summed E-state index contributed by atoms with van der Waals surface area (Å²) in [6.07, 6.45) is -2.84. The van der Waals surface area contributed by atoms with E-state index in [4.69, 9.17) is 10.5 Å². The summed E-state index contributed by atoms with van der Waals surface area (Å²) < 4.78 is 43.7. The van der Waals surface area contributed by atoms with E-state index in [0.29, 0.717) is 15.2 Å². The molecule has 2 heterocycles. The van der Waals surface area contributed by atoms with Crippen molar-refractivity contribution in [1.82, 2.24) is 9.55 Å². The van der Waals surface area contributed by atoms with Gasteiger partial charge in [0.25, 0.3) is 5.56 Å². The van der Waals surface area contributed by atoms with Gasteiger partial charge in [0.15, 0.2) is 6.61 Å². The third-order valence-corrected chi connectivity index (χ3v) is 4.24. The van der Waals surface area contributed by atoms with Gasteiger partial charge < -0.3 is 15.0 Å². The normalized spacial score (nSPS) is 11.8. The summed E-state index contributed by atoms with van der Waals surface area (Å²) >= 11 is 1.18. The molecule has 0 amide bonds. The second-order valence-corrected chi connectivity index (χ2v) is 6.10. The molecular weight excluding hydrogens is 343 g/mol. The summed E-state index contributed by atoms with van der Waals surface area (Å²) in [7, 11) is 0. The van der Waals surface area contributed by atoms with E-state index in [1.807, 2.05) is 0 Å². The zero-order valence-corrected chi connectivity index (χ0v) is 13.0. The number of hydrogen-bond acceptors (Lipinski definition) is 5. The zero-order valence-electron chi connectivity index (χ0n) is 12.2. The number of thiazole rings is 1. The summed E-state index contributed by atoms with van der Waals surface area (Å²) in [5, 5.41) is 0.570. The molecule has 126 valence electrons. The number of benzene rings is 1. The maximum atomic E-state index is 12.3. The van der Waals surface area contributed by atoms with Crippen LogP contribution in [0.3, 0.4) is 0 Å². The second-order valence-electron chi connectivity index (χ2n) is 5.01. The number of fused-ring (bicyclic) bond motifs is 1. The predicted octanol–water partition coefficient (Wildman–Crippen LogP) is 3.03. The van der Waals surface area contributed by atoms with Crippen LogP contribution >= 0.6 is 11.3 Å². The minimum atomic E-state index is -4.41. The third kappa shape index (κ3) is 3.51. The molecule has 0 saturated carbocycles. The molecule has 9 heteroatoms. The molecule has 0 saturated heterocycles. The van der Waals surface area contributed by atoms with E-state index < -0.39 is 12.8 Å². The molecule has 24 heavy (non-hydrogen) atoms. The largest absolute Gasteiger partial charge is 0.483 e. The molecule has 1 aromatic carbocycles. The van der Waals surface area contributed by atoms with Crippen LogP contribution in [0, 0.1) is 0 Å². The van der Waals surface area contributed by atoms with Gasteiger partial charge in [-0.1, -0.05) is 6.07 Å². The number of halogens is 3. The Hall–Kier alpha value is -2.55. The molecule has 0 bridgehead atoms. The fraction of sp³-hybridized carbons (Fsp3) is 0.200. The van der Waals surface area contributed by atoms with E-state index in [1.54, 1.807) is 24.4 Å². The molecule has 0 fully saturated rings. The fourth-order valence-electron chi connectivity index (χ4n) is 2.14. The first-order valence-electron chi connectivity index (χ1n) is 6.86. The quantitative estimate of drug-likeness (QED) is 0.781. The second kappa shape index (κ2) is 6.16. The van der Waals surface area contributed by atoms with Crippen molar-refractivity contribution in [2.45, 2.75) is 12.7 Å². The van der Waals surface area contributed by atoms with Crippen molar-refractivity contribution in [3.8, 4) is 5.75 Å². The lowest BCUT2D eigenvalue weighted by molar-refractivity contribution is -0.153. The Balaban J connectivity index is 1.91. The van der Waals surface area contributed by atoms with Gasteiger partial charge in [-0.05, 0) is 24.3 Å². The van der Waals surface area contributed by atoms with Crippen LogP contribution in [0.4, 0.5) is 18.9 Å². The molecule has 0 spiro atoms. The Morgan fingerprint density at radius 2 is 2.04 bits per heavy atom. The highest BCUT2D eigenvalue weighted by atomic mass is 32.1. The lowest BCUT2D eigenvalue weighted by Gasteiger charge is -2.09. The lowest BCUT2D eigenvalue weighted by Crippen LogP contribution is -2.22. The number of hydrogen-bond donors (Lipinski definition) is 1. The first-order valence-corrected chi connectivity index (χ1v) is 7.68. The Kier molecular flexibility index (Phi) is 4.18. The summed E-state index contributed by atoms with van der Waals surface area (Å²) in [6, 6.07) is 7.85. The van der Waals surface area contributed by atoms with Crippen molar-refractivity contribution < 1.29 is 17.9 Å². The van der Waals surface area contributed by atoms with Gasteiger partial charge in [0.1, 0.15) is 10.8 Å². The Bertz CT molecular complexity index is 934. The van der Waals surface area contributed by atoms with Crippen molar-refractivity contribution >= 4 is 27.2 Å². The number of nitrogens with zero attached hydrogens (tertiary/aromatic N) is 2. The molecule has 2 N–H and O–H groups in total. The maximum absolute atomic E-state index is 12.3. The molecule has 5 nitrogen and oxygen atoms in total. The number of pyridine rings is 1. The van der Waals surface area contributed by atoms with Crippen molar-refractivity contribution in [2.24, 2.45) is 0 Å². The molecule has 3 rings (SSSR count). The number of anilines is 1. The molecule has 0 aliphatic rings. The van der Waals surface area contributed by atoms with Crippen LogP contribution in [0.2, 0.25) is 0 Å². The van der Waals surface area contributed by atoms with Gasteiger partial charge in [-0.15, -0.1) is 11.3 Å². The van der Waals surface area contributed by atoms with Crippen LogP contribution in [-0.2, 0) is 6.54 Å². The zero-order chi connectivity index (χ0) is 17.3. The van der Waals surface area contributed by atoms with Crippen molar-refractivity contribution in [3.05, 3.63) is 51.9 Å². The smallest absolute Gasteiger partial charge is 0.422 e. The van der Waals surface area contributed by atoms with Crippen LogP contribution in [0.15, 0.2) is 41.3 Å². The minimum Gasteiger partial charge on any atom is -0.483 e. The molecule has 2 aromatic heterocycles. The van der Waals surface area contributed by atoms with Gasteiger partial charge in [0.2, 0.25) is 0 Å². The van der Waals surface area contributed by atoms with E-state index in [1.165, 1.54) is 28.0 Å². The van der Waals surface area contributed by atoms with Crippen molar-refractivity contribution in [2.75, 3.05) is 12.3 Å². The maximum Gasteiger partial charge on any atom is 0.422 e. The molecule has 3 aromatic rings. The first-order chi connectivity index (χ1) is 11.3. The number of nitrogens with two attached hydrogens (primary N) is 1. The molecule has 0 radical (unpaired) electrons. The molecular formula is C15H12F3N3O2S. The van der Waals surface area contributed by atoms with E-state index in [-0.39, 0.29) is 23.5 Å². The summed E-state index contributed by atoms with van der Waals surface area (Å²) in [4.78, 5) is 16.3. The topological polar surface area (TPSA) is 70.1 Å². The van der Waals surface area contributed by atoms with Gasteiger partial charge in [-0.2, -0.15) is 13.2 Å². The van der Waals surface area contributed by atoms with Crippen LogP contribution in [0.1, 0.15) is 5.01 Å². The van der Waals surface area contributed by atoms with Crippen molar-refractivity contribution in [3.63, 3.8) is 0 Å². The van der Waals surface area contributed by atoms with Gasteiger partial charge in [0.05, 0.1) is 22.4 Å².